The Bertz CT molecular complexity index is 1030. The van der Waals surface area contributed by atoms with E-state index in [9.17, 15) is 4.79 Å². The topological polar surface area (TPSA) is 43.1 Å². The van der Waals surface area contributed by atoms with Crippen molar-refractivity contribution >= 4 is 17.7 Å². The summed E-state index contributed by atoms with van der Waals surface area (Å²) in [5.41, 5.74) is 8.79. The lowest BCUT2D eigenvalue weighted by Gasteiger charge is -2.38. The molecule has 3 aromatic carbocycles. The highest BCUT2D eigenvalue weighted by atomic mass is 32.2. The molecule has 0 saturated carbocycles. The van der Waals surface area contributed by atoms with E-state index in [1.165, 1.54) is 10.5 Å². The molecule has 0 aliphatic carbocycles. The van der Waals surface area contributed by atoms with Gasteiger partial charge in [0.1, 0.15) is 5.41 Å². The average Bonchev–Trinajstić information content (AvgIpc) is 3.21. The van der Waals surface area contributed by atoms with Crippen molar-refractivity contribution < 1.29 is 9.28 Å². The highest BCUT2D eigenvalue weighted by Crippen LogP contribution is 2.45. The van der Waals surface area contributed by atoms with E-state index in [4.69, 9.17) is 5.73 Å². The summed E-state index contributed by atoms with van der Waals surface area (Å²) in [4.78, 5) is 14.6. The van der Waals surface area contributed by atoms with Crippen LogP contribution in [0.3, 0.4) is 0 Å². The van der Waals surface area contributed by atoms with Crippen LogP contribution in [0.5, 0.6) is 0 Å². The minimum absolute atomic E-state index is 0.175. The molecule has 1 unspecified atom stereocenters. The maximum atomic E-state index is 13.3. The zero-order valence-electron chi connectivity index (χ0n) is 19.7. The van der Waals surface area contributed by atoms with Gasteiger partial charge in [0.15, 0.2) is 0 Å². The molecule has 2 atom stereocenters. The standard InChI is InChI=1S/C29H34N2OS/c1-23-11-9-16-27(21-23)33-20-10-18-31(2)19-17-26(22-31)29(28(30)32,24-12-5-3-6-13-24)25-14-7-4-8-15-25/h3-9,11-16,21,26H,10,17-20,22H2,1-2H3,(H-,30,32)/p+1/t26?,31-/m1/s1. The fourth-order valence-electron chi connectivity index (χ4n) is 5.61. The highest BCUT2D eigenvalue weighted by Gasteiger charge is 2.53. The quantitative estimate of drug-likeness (QED) is 0.264. The van der Waals surface area contributed by atoms with E-state index < -0.39 is 5.41 Å². The van der Waals surface area contributed by atoms with Crippen molar-refractivity contribution in [1.29, 1.82) is 0 Å². The van der Waals surface area contributed by atoms with Gasteiger partial charge in [-0.05, 0) is 30.2 Å². The zero-order valence-corrected chi connectivity index (χ0v) is 20.6. The van der Waals surface area contributed by atoms with Gasteiger partial charge >= 0.3 is 0 Å². The molecule has 0 aromatic heterocycles. The van der Waals surface area contributed by atoms with Gasteiger partial charge in [0.2, 0.25) is 5.91 Å². The Morgan fingerprint density at radius 2 is 1.64 bits per heavy atom. The van der Waals surface area contributed by atoms with Gasteiger partial charge < -0.3 is 10.2 Å². The molecule has 4 rings (SSSR count). The number of benzene rings is 3. The van der Waals surface area contributed by atoms with Crippen molar-refractivity contribution in [1.82, 2.24) is 0 Å². The monoisotopic (exact) mass is 459 g/mol. The fraction of sp³-hybridized carbons (Fsp3) is 0.345. The molecule has 172 valence electrons. The number of rotatable bonds is 9. The summed E-state index contributed by atoms with van der Waals surface area (Å²) >= 11 is 1.94. The molecule has 2 N–H and O–H groups in total. The minimum Gasteiger partial charge on any atom is -0.369 e. The van der Waals surface area contributed by atoms with Gasteiger partial charge in [0.25, 0.3) is 0 Å². The van der Waals surface area contributed by atoms with Crippen molar-refractivity contribution in [3.05, 3.63) is 102 Å². The molecular formula is C29H35N2OS+. The number of quaternary nitrogens is 1. The number of hydrogen-bond acceptors (Lipinski definition) is 2. The van der Waals surface area contributed by atoms with Crippen LogP contribution in [0.25, 0.3) is 0 Å². The van der Waals surface area contributed by atoms with Crippen LogP contribution in [0.2, 0.25) is 0 Å². The largest absolute Gasteiger partial charge is 0.369 e. The summed E-state index contributed by atoms with van der Waals surface area (Å²) in [6, 6.07) is 29.1. The van der Waals surface area contributed by atoms with E-state index in [2.05, 4.69) is 62.5 Å². The third kappa shape index (κ3) is 5.02. The molecule has 4 heteroatoms. The van der Waals surface area contributed by atoms with Crippen LogP contribution >= 0.6 is 11.8 Å². The van der Waals surface area contributed by atoms with E-state index in [1.807, 2.05) is 48.2 Å². The molecule has 1 aliphatic rings. The fourth-order valence-corrected chi connectivity index (χ4v) is 6.56. The predicted octanol–water partition coefficient (Wildman–Crippen LogP) is 5.42. The van der Waals surface area contributed by atoms with Gasteiger partial charge in [-0.15, -0.1) is 11.8 Å². The number of amides is 1. The minimum atomic E-state index is -0.797. The van der Waals surface area contributed by atoms with Crippen molar-refractivity contribution in [3.63, 3.8) is 0 Å². The lowest BCUT2D eigenvalue weighted by molar-refractivity contribution is -0.899. The van der Waals surface area contributed by atoms with Gasteiger partial charge in [0, 0.05) is 29.4 Å². The molecule has 3 aromatic rings. The average molecular weight is 460 g/mol. The molecule has 3 nitrogen and oxygen atoms in total. The second-order valence-corrected chi connectivity index (χ2v) is 10.8. The summed E-state index contributed by atoms with van der Waals surface area (Å²) in [6.45, 7) is 5.30. The van der Waals surface area contributed by atoms with Crippen molar-refractivity contribution in [2.75, 3.05) is 32.4 Å². The highest BCUT2D eigenvalue weighted by molar-refractivity contribution is 7.99. The van der Waals surface area contributed by atoms with Crippen LogP contribution in [0, 0.1) is 12.8 Å². The lowest BCUT2D eigenvalue weighted by atomic mass is 9.64. The molecule has 0 radical (unpaired) electrons. The molecule has 1 heterocycles. The number of primary amides is 1. The van der Waals surface area contributed by atoms with E-state index in [1.54, 1.807) is 0 Å². The van der Waals surface area contributed by atoms with Crippen LogP contribution in [-0.2, 0) is 10.2 Å². The van der Waals surface area contributed by atoms with E-state index in [0.29, 0.717) is 0 Å². The third-order valence-electron chi connectivity index (χ3n) is 7.24. The number of hydrogen-bond donors (Lipinski definition) is 1. The van der Waals surface area contributed by atoms with E-state index in [0.717, 1.165) is 53.8 Å². The summed E-state index contributed by atoms with van der Waals surface area (Å²) in [5.74, 6) is 1.04. The van der Waals surface area contributed by atoms with Crippen molar-refractivity contribution in [2.45, 2.75) is 30.1 Å². The van der Waals surface area contributed by atoms with Gasteiger partial charge in [-0.2, -0.15) is 0 Å². The number of likely N-dealkylation sites (tertiary alicyclic amines) is 1. The summed E-state index contributed by atoms with van der Waals surface area (Å²) in [6.07, 6.45) is 2.15. The number of thioether (sulfide) groups is 1. The number of aryl methyl sites for hydroxylation is 1. The zero-order chi connectivity index (χ0) is 23.3. The lowest BCUT2D eigenvalue weighted by Crippen LogP contribution is -2.51. The van der Waals surface area contributed by atoms with Gasteiger partial charge in [-0.1, -0.05) is 78.4 Å². The molecule has 1 amide bonds. The Hall–Kier alpha value is -2.56. The molecule has 0 spiro atoms. The molecule has 1 aliphatic heterocycles. The van der Waals surface area contributed by atoms with E-state index >= 15 is 0 Å². The van der Waals surface area contributed by atoms with Gasteiger partial charge in [0.05, 0.1) is 26.7 Å². The second kappa shape index (κ2) is 10.1. The first kappa shape index (κ1) is 23.6. The van der Waals surface area contributed by atoms with Gasteiger partial charge in [-0.3, -0.25) is 4.79 Å². The predicted molar refractivity (Wildman–Crippen MR) is 138 cm³/mol. The first-order valence-corrected chi connectivity index (χ1v) is 12.9. The molecule has 0 bridgehead atoms. The molecule has 33 heavy (non-hydrogen) atoms. The first-order valence-electron chi connectivity index (χ1n) is 11.9. The SMILES string of the molecule is Cc1cccc(SCCC[N@+]2(C)CCC(C(C(N)=O)(c3ccccc3)c3ccccc3)C2)c1. The number of nitrogens with two attached hydrogens (primary N) is 1. The summed E-state index contributed by atoms with van der Waals surface area (Å²) in [7, 11) is 2.35. The van der Waals surface area contributed by atoms with Gasteiger partial charge in [-0.25, -0.2) is 0 Å². The number of carbonyl (C=O) groups is 1. The first-order chi connectivity index (χ1) is 15.9. The van der Waals surface area contributed by atoms with Crippen LogP contribution < -0.4 is 5.73 Å². The molecule has 1 fully saturated rings. The Morgan fingerprint density at radius 1 is 1.00 bits per heavy atom. The summed E-state index contributed by atoms with van der Waals surface area (Å²) < 4.78 is 0.994. The Morgan fingerprint density at radius 3 is 2.21 bits per heavy atom. The summed E-state index contributed by atoms with van der Waals surface area (Å²) in [5, 5.41) is 0. The maximum absolute atomic E-state index is 13.3. The number of carbonyl (C=O) groups excluding carboxylic acids is 1. The van der Waals surface area contributed by atoms with Crippen LogP contribution in [-0.4, -0.2) is 42.8 Å². The third-order valence-corrected chi connectivity index (χ3v) is 8.32. The Balaban J connectivity index is 1.52. The molecular weight excluding hydrogens is 424 g/mol. The van der Waals surface area contributed by atoms with E-state index in [-0.39, 0.29) is 11.8 Å². The maximum Gasteiger partial charge on any atom is 0.233 e. The van der Waals surface area contributed by atoms with Crippen molar-refractivity contribution in [3.8, 4) is 0 Å². The van der Waals surface area contributed by atoms with Crippen LogP contribution in [0.4, 0.5) is 0 Å². The molecule has 1 saturated heterocycles. The number of nitrogens with zero attached hydrogens (tertiary/aromatic N) is 1. The Labute approximate surface area is 202 Å². The normalized spacial score (nSPS) is 20.6. The second-order valence-electron chi connectivity index (χ2n) is 9.66. The van der Waals surface area contributed by atoms with Crippen molar-refractivity contribution in [2.24, 2.45) is 11.7 Å². The van der Waals surface area contributed by atoms with Crippen LogP contribution in [0.15, 0.2) is 89.8 Å². The Kier molecular flexibility index (Phi) is 7.26. The van der Waals surface area contributed by atoms with Crippen LogP contribution in [0.1, 0.15) is 29.5 Å². The smallest absolute Gasteiger partial charge is 0.233 e.